The lowest BCUT2D eigenvalue weighted by Crippen LogP contribution is -2.18. The molecule has 1 heterocycles. The Bertz CT molecular complexity index is 257. The Kier molecular flexibility index (Phi) is 2.17. The van der Waals surface area contributed by atoms with E-state index in [1.54, 1.807) is 0 Å². The van der Waals surface area contributed by atoms with Crippen LogP contribution in [0.25, 0.3) is 0 Å². The normalized spacial score (nSPS) is 9.64. The number of hydrogen-bond donors (Lipinski definition) is 2. The summed E-state index contributed by atoms with van der Waals surface area (Å²) in [7, 11) is 1.48. The zero-order valence-corrected chi connectivity index (χ0v) is 6.00. The van der Waals surface area contributed by atoms with Crippen LogP contribution in [0, 0.1) is 0 Å². The van der Waals surface area contributed by atoms with E-state index in [-0.39, 0.29) is 12.4 Å². The predicted octanol–water partition coefficient (Wildman–Crippen LogP) is -1.11. The molecule has 0 radical (unpaired) electrons. The van der Waals surface area contributed by atoms with Gasteiger partial charge < -0.3 is 15.6 Å². The molecule has 0 aliphatic heterocycles. The standard InChI is InChI=1S/C5H8N4O2/c1-7-4(10)5-8-3(2-6)9-11-5/h2,6H2,1H3,(H,7,10). The van der Waals surface area contributed by atoms with Gasteiger partial charge in [-0.1, -0.05) is 5.16 Å². The Hall–Kier alpha value is -1.43. The van der Waals surface area contributed by atoms with Gasteiger partial charge in [-0.05, 0) is 0 Å². The van der Waals surface area contributed by atoms with Gasteiger partial charge in [0.25, 0.3) is 0 Å². The molecule has 0 saturated carbocycles. The number of rotatable bonds is 2. The van der Waals surface area contributed by atoms with E-state index < -0.39 is 5.91 Å². The van der Waals surface area contributed by atoms with Crippen molar-refractivity contribution in [3.05, 3.63) is 11.7 Å². The monoisotopic (exact) mass is 156 g/mol. The average Bonchev–Trinajstić information content (AvgIpc) is 2.50. The van der Waals surface area contributed by atoms with E-state index in [0.29, 0.717) is 5.82 Å². The van der Waals surface area contributed by atoms with Crippen LogP contribution in [-0.2, 0) is 6.54 Å². The molecule has 11 heavy (non-hydrogen) atoms. The highest BCUT2D eigenvalue weighted by molar-refractivity contribution is 5.89. The number of amides is 1. The summed E-state index contributed by atoms with van der Waals surface area (Å²) < 4.78 is 4.56. The molecule has 0 fully saturated rings. The van der Waals surface area contributed by atoms with Crippen molar-refractivity contribution in [2.75, 3.05) is 7.05 Å². The van der Waals surface area contributed by atoms with Crippen LogP contribution in [0.15, 0.2) is 4.52 Å². The first-order valence-corrected chi connectivity index (χ1v) is 3.02. The molecule has 1 rings (SSSR count). The molecule has 0 unspecified atom stereocenters. The van der Waals surface area contributed by atoms with Crippen molar-refractivity contribution >= 4 is 5.91 Å². The Labute approximate surface area is 62.8 Å². The maximum absolute atomic E-state index is 10.8. The number of nitrogens with one attached hydrogen (secondary N) is 1. The highest BCUT2D eigenvalue weighted by atomic mass is 16.5. The second kappa shape index (κ2) is 3.11. The van der Waals surface area contributed by atoms with Gasteiger partial charge in [0, 0.05) is 7.05 Å². The zero-order valence-electron chi connectivity index (χ0n) is 6.00. The van der Waals surface area contributed by atoms with Crippen LogP contribution in [0.2, 0.25) is 0 Å². The van der Waals surface area contributed by atoms with Gasteiger partial charge in [-0.3, -0.25) is 4.79 Å². The lowest BCUT2D eigenvalue weighted by Gasteiger charge is -1.87. The van der Waals surface area contributed by atoms with Gasteiger partial charge in [-0.15, -0.1) is 0 Å². The fourth-order valence-electron chi connectivity index (χ4n) is 0.536. The summed E-state index contributed by atoms with van der Waals surface area (Å²) in [6, 6.07) is 0. The summed E-state index contributed by atoms with van der Waals surface area (Å²) in [6.07, 6.45) is 0. The molecule has 0 aliphatic rings. The van der Waals surface area contributed by atoms with Gasteiger partial charge in [-0.25, -0.2) is 0 Å². The molecule has 0 spiro atoms. The predicted molar refractivity (Wildman–Crippen MR) is 35.6 cm³/mol. The van der Waals surface area contributed by atoms with Gasteiger partial charge in [0.05, 0.1) is 6.54 Å². The molecule has 6 heteroatoms. The third-order valence-corrected chi connectivity index (χ3v) is 1.07. The van der Waals surface area contributed by atoms with Gasteiger partial charge in [-0.2, -0.15) is 4.98 Å². The molecular weight excluding hydrogens is 148 g/mol. The fraction of sp³-hybridized carbons (Fsp3) is 0.400. The SMILES string of the molecule is CNC(=O)c1nc(CN)no1. The highest BCUT2D eigenvalue weighted by Crippen LogP contribution is 1.94. The quantitative estimate of drug-likeness (QED) is 0.566. The number of carbonyl (C=O) groups is 1. The second-order valence-corrected chi connectivity index (χ2v) is 1.80. The zero-order chi connectivity index (χ0) is 8.27. The van der Waals surface area contributed by atoms with Crippen LogP contribution in [0.3, 0.4) is 0 Å². The number of carbonyl (C=O) groups excluding carboxylic acids is 1. The molecule has 0 atom stereocenters. The largest absolute Gasteiger partial charge is 0.351 e. The van der Waals surface area contributed by atoms with Crippen molar-refractivity contribution in [1.82, 2.24) is 15.5 Å². The molecule has 1 aromatic heterocycles. The Morgan fingerprint density at radius 1 is 1.82 bits per heavy atom. The Morgan fingerprint density at radius 2 is 2.55 bits per heavy atom. The molecule has 6 nitrogen and oxygen atoms in total. The third-order valence-electron chi connectivity index (χ3n) is 1.07. The second-order valence-electron chi connectivity index (χ2n) is 1.80. The molecule has 60 valence electrons. The van der Waals surface area contributed by atoms with Crippen molar-refractivity contribution in [2.24, 2.45) is 5.73 Å². The van der Waals surface area contributed by atoms with Gasteiger partial charge in [0.2, 0.25) is 0 Å². The van der Waals surface area contributed by atoms with E-state index in [1.807, 2.05) is 0 Å². The summed E-state index contributed by atoms with van der Waals surface area (Å²) >= 11 is 0. The Balaban J connectivity index is 2.80. The first-order chi connectivity index (χ1) is 5.27. The molecule has 0 aromatic carbocycles. The molecule has 3 N–H and O–H groups in total. The summed E-state index contributed by atoms with van der Waals surface area (Å²) in [5.41, 5.74) is 5.19. The average molecular weight is 156 g/mol. The maximum Gasteiger partial charge on any atom is 0.315 e. The maximum atomic E-state index is 10.8. The van der Waals surface area contributed by atoms with Crippen molar-refractivity contribution in [2.45, 2.75) is 6.54 Å². The van der Waals surface area contributed by atoms with Crippen LogP contribution in [-0.4, -0.2) is 23.1 Å². The summed E-state index contributed by atoms with van der Waals surface area (Å²) in [5.74, 6) is -0.145. The van der Waals surface area contributed by atoms with Crippen molar-refractivity contribution in [1.29, 1.82) is 0 Å². The minimum absolute atomic E-state index is 0.0621. The smallest absolute Gasteiger partial charge is 0.315 e. The van der Waals surface area contributed by atoms with Gasteiger partial charge in [0.15, 0.2) is 5.82 Å². The fourth-order valence-corrected chi connectivity index (χ4v) is 0.536. The van der Waals surface area contributed by atoms with Crippen molar-refractivity contribution in [3.63, 3.8) is 0 Å². The number of nitrogens with zero attached hydrogens (tertiary/aromatic N) is 2. The lowest BCUT2D eigenvalue weighted by molar-refractivity contribution is 0.0919. The lowest BCUT2D eigenvalue weighted by atomic mass is 10.6. The van der Waals surface area contributed by atoms with E-state index in [9.17, 15) is 4.79 Å². The minimum Gasteiger partial charge on any atom is -0.351 e. The highest BCUT2D eigenvalue weighted by Gasteiger charge is 2.11. The van der Waals surface area contributed by atoms with Gasteiger partial charge in [0.1, 0.15) is 0 Å². The van der Waals surface area contributed by atoms with Crippen LogP contribution in [0.4, 0.5) is 0 Å². The van der Waals surface area contributed by atoms with E-state index in [0.717, 1.165) is 0 Å². The molecule has 0 bridgehead atoms. The number of nitrogens with two attached hydrogens (primary N) is 1. The van der Waals surface area contributed by atoms with Gasteiger partial charge >= 0.3 is 11.8 Å². The van der Waals surface area contributed by atoms with Crippen molar-refractivity contribution in [3.8, 4) is 0 Å². The van der Waals surface area contributed by atoms with Crippen LogP contribution < -0.4 is 11.1 Å². The molecule has 1 aromatic rings. The topological polar surface area (TPSA) is 94.0 Å². The molecule has 0 aliphatic carbocycles. The first kappa shape index (κ1) is 7.67. The first-order valence-electron chi connectivity index (χ1n) is 3.02. The summed E-state index contributed by atoms with van der Waals surface area (Å²) in [5, 5.41) is 5.77. The molecule has 0 saturated heterocycles. The molecule has 1 amide bonds. The minimum atomic E-state index is -0.405. The van der Waals surface area contributed by atoms with E-state index in [4.69, 9.17) is 5.73 Å². The van der Waals surface area contributed by atoms with E-state index >= 15 is 0 Å². The van der Waals surface area contributed by atoms with E-state index in [1.165, 1.54) is 7.05 Å². The number of hydrogen-bond acceptors (Lipinski definition) is 5. The molecular formula is C5H8N4O2. The summed E-state index contributed by atoms with van der Waals surface area (Å²) in [4.78, 5) is 14.5. The summed E-state index contributed by atoms with van der Waals surface area (Å²) in [6.45, 7) is 0.167. The van der Waals surface area contributed by atoms with Crippen molar-refractivity contribution < 1.29 is 9.32 Å². The number of aromatic nitrogens is 2. The van der Waals surface area contributed by atoms with Crippen LogP contribution >= 0.6 is 0 Å². The Morgan fingerprint density at radius 3 is 3.00 bits per heavy atom. The van der Waals surface area contributed by atoms with Crippen LogP contribution in [0.5, 0.6) is 0 Å². The van der Waals surface area contributed by atoms with E-state index in [2.05, 4.69) is 20.0 Å². The van der Waals surface area contributed by atoms with Crippen LogP contribution in [0.1, 0.15) is 16.5 Å². The third kappa shape index (κ3) is 1.53.